The van der Waals surface area contributed by atoms with Crippen molar-refractivity contribution in [2.45, 2.75) is 51.5 Å². The summed E-state index contributed by atoms with van der Waals surface area (Å²) in [6, 6.07) is 6.62. The number of carbonyl (C=O) groups excluding carboxylic acids is 1. The molecular formula is C25H31ClF2N3O+. The van der Waals surface area contributed by atoms with Gasteiger partial charge in [0.1, 0.15) is 0 Å². The van der Waals surface area contributed by atoms with Crippen LogP contribution in [-0.4, -0.2) is 59.5 Å². The summed E-state index contributed by atoms with van der Waals surface area (Å²) < 4.78 is 28.0. The van der Waals surface area contributed by atoms with Crippen molar-refractivity contribution in [1.29, 1.82) is 0 Å². The molecular weight excluding hydrogens is 432 g/mol. The van der Waals surface area contributed by atoms with E-state index in [9.17, 15) is 13.6 Å². The van der Waals surface area contributed by atoms with Crippen LogP contribution in [-0.2, 0) is 5.92 Å². The molecule has 0 unspecified atom stereocenters. The molecule has 4 rings (SSSR count). The van der Waals surface area contributed by atoms with Crippen LogP contribution in [0.15, 0.2) is 30.5 Å². The van der Waals surface area contributed by atoms with Gasteiger partial charge in [-0.2, -0.15) is 0 Å². The lowest BCUT2D eigenvalue weighted by Crippen LogP contribution is -2.57. The van der Waals surface area contributed by atoms with E-state index in [1.165, 1.54) is 44.1 Å². The molecule has 32 heavy (non-hydrogen) atoms. The minimum Gasteiger partial charge on any atom is -0.300 e. The average molecular weight is 463 g/mol. The van der Waals surface area contributed by atoms with Crippen LogP contribution in [0.3, 0.4) is 0 Å². The molecule has 0 saturated carbocycles. The molecule has 2 fully saturated rings. The molecule has 0 radical (unpaired) electrons. The number of carbonyl (C=O) groups is 1. The topological polar surface area (TPSA) is 33.2 Å². The second-order valence-corrected chi connectivity index (χ2v) is 10.0. The molecule has 1 aromatic carbocycles. The van der Waals surface area contributed by atoms with Gasteiger partial charge < -0.3 is 0 Å². The lowest BCUT2D eigenvalue weighted by molar-refractivity contribution is -0.835. The third kappa shape index (κ3) is 4.59. The zero-order chi connectivity index (χ0) is 23.1. The summed E-state index contributed by atoms with van der Waals surface area (Å²) >= 11 is 6.30. The zero-order valence-electron chi connectivity index (χ0n) is 19.0. The van der Waals surface area contributed by atoms with Gasteiger partial charge in [-0.3, -0.25) is 9.38 Å². The minimum atomic E-state index is -2.96. The molecule has 172 valence electrons. The van der Waals surface area contributed by atoms with Crippen LogP contribution in [0.25, 0.3) is 11.1 Å². The Bertz CT molecular complexity index is 1010. The lowest BCUT2D eigenvalue weighted by atomic mass is 9.98. The molecule has 2 aliphatic heterocycles. The lowest BCUT2D eigenvalue weighted by Gasteiger charge is -2.40. The van der Waals surface area contributed by atoms with E-state index in [1.807, 2.05) is 20.0 Å². The molecule has 3 heterocycles. The highest BCUT2D eigenvalue weighted by molar-refractivity contribution is 6.33. The summed E-state index contributed by atoms with van der Waals surface area (Å²) in [7, 11) is 2.00. The van der Waals surface area contributed by atoms with Crippen LogP contribution < -0.4 is 0 Å². The van der Waals surface area contributed by atoms with Crippen molar-refractivity contribution in [3.63, 3.8) is 0 Å². The molecule has 2 aromatic rings. The van der Waals surface area contributed by atoms with Gasteiger partial charge in [0.15, 0.2) is 5.69 Å². The van der Waals surface area contributed by atoms with Crippen LogP contribution in [0.4, 0.5) is 8.78 Å². The molecule has 1 amide bonds. The number of hydrogen-bond donors (Lipinski definition) is 0. The first kappa shape index (κ1) is 23.3. The number of alkyl halides is 2. The number of halogens is 3. The Kier molecular flexibility index (Phi) is 6.40. The summed E-state index contributed by atoms with van der Waals surface area (Å²) in [5, 5.41) is 0.376. The fourth-order valence-electron chi connectivity index (χ4n) is 5.02. The first-order chi connectivity index (χ1) is 15.1. The van der Waals surface area contributed by atoms with Gasteiger partial charge in [0, 0.05) is 53.7 Å². The van der Waals surface area contributed by atoms with Gasteiger partial charge in [0.05, 0.1) is 20.1 Å². The summed E-state index contributed by atoms with van der Waals surface area (Å²) in [5.41, 5.74) is 2.20. The molecule has 0 aliphatic carbocycles. The number of piperidine rings is 1. The van der Waals surface area contributed by atoms with E-state index < -0.39 is 5.92 Å². The van der Waals surface area contributed by atoms with Crippen molar-refractivity contribution in [2.24, 2.45) is 0 Å². The summed E-state index contributed by atoms with van der Waals surface area (Å²) in [6.45, 7) is 6.68. The van der Waals surface area contributed by atoms with Crippen LogP contribution in [0.5, 0.6) is 0 Å². The molecule has 1 aromatic heterocycles. The van der Waals surface area contributed by atoms with Gasteiger partial charge in [0.25, 0.3) is 5.92 Å². The molecule has 2 saturated heterocycles. The summed E-state index contributed by atoms with van der Waals surface area (Å²) in [6.07, 6.45) is 6.17. The number of pyridine rings is 1. The Morgan fingerprint density at radius 3 is 2.44 bits per heavy atom. The molecule has 4 nitrogen and oxygen atoms in total. The zero-order valence-corrected chi connectivity index (χ0v) is 19.8. The number of aromatic nitrogens is 1. The standard InChI is InChI=1S/C25H31ClF2N3O/c1-17-14-18(21-15-19(25(2,27)28)6-7-22(21)26)16-29-23(17)24(32)31(3)12-8-20(9-13-31)30-10-4-5-11-30/h6-7,14-16,20H,4-5,8-13H2,1-3H3/q+1. The van der Waals surface area contributed by atoms with Crippen molar-refractivity contribution < 1.29 is 18.1 Å². The number of rotatable bonds is 4. The maximum atomic E-state index is 13.8. The second kappa shape index (κ2) is 8.81. The highest BCUT2D eigenvalue weighted by Gasteiger charge is 2.40. The predicted octanol–water partition coefficient (Wildman–Crippen LogP) is 5.67. The fourth-order valence-corrected chi connectivity index (χ4v) is 5.25. The predicted molar refractivity (Wildman–Crippen MR) is 123 cm³/mol. The van der Waals surface area contributed by atoms with Gasteiger partial charge in [-0.1, -0.05) is 17.7 Å². The second-order valence-electron chi connectivity index (χ2n) is 9.60. The van der Waals surface area contributed by atoms with E-state index in [1.54, 1.807) is 6.20 Å². The SMILES string of the molecule is Cc1cc(-c2cc(C(C)(F)F)ccc2Cl)cnc1C(=O)[N+]1(C)CCC(N2CCCC2)CC1. The van der Waals surface area contributed by atoms with Gasteiger partial charge >= 0.3 is 5.91 Å². The Hall–Kier alpha value is -1.89. The average Bonchev–Trinajstić information content (AvgIpc) is 3.28. The van der Waals surface area contributed by atoms with E-state index >= 15 is 0 Å². The highest BCUT2D eigenvalue weighted by atomic mass is 35.5. The number of nitrogens with zero attached hydrogens (tertiary/aromatic N) is 3. The van der Waals surface area contributed by atoms with Crippen molar-refractivity contribution in [3.05, 3.63) is 52.3 Å². The maximum Gasteiger partial charge on any atom is 0.364 e. The molecule has 0 N–H and O–H groups in total. The molecule has 0 atom stereocenters. The number of benzene rings is 1. The van der Waals surface area contributed by atoms with Gasteiger partial charge in [-0.15, -0.1) is 0 Å². The smallest absolute Gasteiger partial charge is 0.300 e. The molecule has 2 aliphatic rings. The Morgan fingerprint density at radius 2 is 1.84 bits per heavy atom. The van der Waals surface area contributed by atoms with Gasteiger partial charge in [-0.05, 0) is 56.6 Å². The number of quaternary nitrogens is 1. The van der Waals surface area contributed by atoms with Crippen LogP contribution >= 0.6 is 11.6 Å². The largest absolute Gasteiger partial charge is 0.364 e. The van der Waals surface area contributed by atoms with Gasteiger partial charge in [0.2, 0.25) is 0 Å². The third-order valence-electron chi connectivity index (χ3n) is 7.12. The van der Waals surface area contributed by atoms with E-state index in [2.05, 4.69) is 9.88 Å². The van der Waals surface area contributed by atoms with Crippen molar-refractivity contribution in [1.82, 2.24) is 9.88 Å². The quantitative estimate of drug-likeness (QED) is 0.549. The number of amides is 1. The minimum absolute atomic E-state index is 0.0221. The molecule has 0 bridgehead atoms. The molecule has 7 heteroatoms. The van der Waals surface area contributed by atoms with Crippen LogP contribution in [0.1, 0.15) is 54.2 Å². The monoisotopic (exact) mass is 462 g/mol. The van der Waals surface area contributed by atoms with Crippen molar-refractivity contribution >= 4 is 17.5 Å². The van der Waals surface area contributed by atoms with Crippen molar-refractivity contribution in [3.8, 4) is 11.1 Å². The normalized spacial score (nSPS) is 24.6. The Morgan fingerprint density at radius 1 is 1.19 bits per heavy atom. The van der Waals surface area contributed by atoms with Gasteiger partial charge in [-0.25, -0.2) is 18.6 Å². The van der Waals surface area contributed by atoms with Crippen molar-refractivity contribution in [2.75, 3.05) is 33.2 Å². The van der Waals surface area contributed by atoms with E-state index in [-0.39, 0.29) is 11.5 Å². The number of likely N-dealkylation sites (tertiary alicyclic amines) is 2. The Labute approximate surface area is 193 Å². The van der Waals surface area contributed by atoms with E-state index in [4.69, 9.17) is 11.6 Å². The van der Waals surface area contributed by atoms with Crippen LogP contribution in [0, 0.1) is 6.92 Å². The van der Waals surface area contributed by atoms with Crippen LogP contribution in [0.2, 0.25) is 5.02 Å². The third-order valence-corrected chi connectivity index (χ3v) is 7.45. The summed E-state index contributed by atoms with van der Waals surface area (Å²) in [4.78, 5) is 20.5. The maximum absolute atomic E-state index is 13.8. The summed E-state index contributed by atoms with van der Waals surface area (Å²) in [5.74, 6) is -2.94. The fraction of sp³-hybridized carbons (Fsp3) is 0.520. The Balaban J connectivity index is 1.54. The number of hydrogen-bond acceptors (Lipinski definition) is 3. The highest BCUT2D eigenvalue weighted by Crippen LogP contribution is 2.35. The molecule has 0 spiro atoms. The first-order valence-electron chi connectivity index (χ1n) is 11.4. The van der Waals surface area contributed by atoms with E-state index in [0.29, 0.717) is 32.4 Å². The van der Waals surface area contributed by atoms with E-state index in [0.717, 1.165) is 38.4 Å². The first-order valence-corrected chi connectivity index (χ1v) is 11.7. The number of aryl methyl sites for hydroxylation is 1.